The number of halogens is 1. The molecule has 1 aromatic rings. The fourth-order valence-corrected chi connectivity index (χ4v) is 1.14. The number of rotatable bonds is 5. The molecule has 3 nitrogen and oxygen atoms in total. The molecule has 15 heavy (non-hydrogen) atoms. The molecule has 0 bridgehead atoms. The van der Waals surface area contributed by atoms with Crippen molar-refractivity contribution >= 4 is 5.97 Å². The Morgan fingerprint density at radius 3 is 2.87 bits per heavy atom. The van der Waals surface area contributed by atoms with Gasteiger partial charge in [-0.05, 0) is 18.6 Å². The monoisotopic (exact) mass is 212 g/mol. The lowest BCUT2D eigenvalue weighted by molar-refractivity contribution is 0.0691. The van der Waals surface area contributed by atoms with Crippen LogP contribution in [0, 0.1) is 5.82 Å². The van der Waals surface area contributed by atoms with Crippen molar-refractivity contribution in [2.24, 2.45) is 0 Å². The Balaban J connectivity index is 2.87. The number of carboxylic acid groups (broad SMARTS) is 1. The molecule has 0 aliphatic rings. The van der Waals surface area contributed by atoms with Crippen LogP contribution in [0.15, 0.2) is 18.2 Å². The van der Waals surface area contributed by atoms with Crippen molar-refractivity contribution in [1.29, 1.82) is 0 Å². The van der Waals surface area contributed by atoms with Crippen molar-refractivity contribution in [3.8, 4) is 5.75 Å². The molecule has 0 unspecified atom stereocenters. The lowest BCUT2D eigenvalue weighted by atomic mass is 10.2. The largest absolute Gasteiger partial charge is 0.490 e. The Morgan fingerprint density at radius 1 is 1.53 bits per heavy atom. The first-order valence-electron chi connectivity index (χ1n) is 4.81. The van der Waals surface area contributed by atoms with E-state index in [0.717, 1.165) is 12.8 Å². The third-order valence-electron chi connectivity index (χ3n) is 1.94. The van der Waals surface area contributed by atoms with Gasteiger partial charge in [-0.3, -0.25) is 0 Å². The molecule has 1 N–H and O–H groups in total. The van der Waals surface area contributed by atoms with Gasteiger partial charge >= 0.3 is 5.97 Å². The molecule has 0 saturated carbocycles. The summed E-state index contributed by atoms with van der Waals surface area (Å²) in [5.41, 5.74) is -0.133. The van der Waals surface area contributed by atoms with Gasteiger partial charge in [0.15, 0.2) is 11.6 Å². The summed E-state index contributed by atoms with van der Waals surface area (Å²) >= 11 is 0. The topological polar surface area (TPSA) is 46.5 Å². The van der Waals surface area contributed by atoms with E-state index < -0.39 is 11.8 Å². The molecule has 0 fully saturated rings. The minimum Gasteiger partial charge on any atom is -0.490 e. The van der Waals surface area contributed by atoms with E-state index in [-0.39, 0.29) is 11.3 Å². The molecule has 0 aromatic heterocycles. The first-order valence-corrected chi connectivity index (χ1v) is 4.81. The molecular formula is C11H13FO3. The second kappa shape index (κ2) is 5.34. The first kappa shape index (κ1) is 11.5. The second-order valence-electron chi connectivity index (χ2n) is 3.12. The molecule has 0 aliphatic carbocycles. The number of hydrogen-bond donors (Lipinski definition) is 1. The van der Waals surface area contributed by atoms with Crippen molar-refractivity contribution in [3.63, 3.8) is 0 Å². The molecule has 4 heteroatoms. The van der Waals surface area contributed by atoms with Crippen molar-refractivity contribution in [1.82, 2.24) is 0 Å². The molecule has 0 spiro atoms. The summed E-state index contributed by atoms with van der Waals surface area (Å²) in [6.45, 7) is 2.31. The van der Waals surface area contributed by atoms with E-state index in [2.05, 4.69) is 0 Å². The number of carbonyl (C=O) groups is 1. The van der Waals surface area contributed by atoms with Crippen LogP contribution >= 0.6 is 0 Å². The quantitative estimate of drug-likeness (QED) is 0.763. The number of ether oxygens (including phenoxy) is 1. The zero-order valence-electron chi connectivity index (χ0n) is 8.50. The Morgan fingerprint density at radius 2 is 2.27 bits per heavy atom. The second-order valence-corrected chi connectivity index (χ2v) is 3.12. The maximum Gasteiger partial charge on any atom is 0.339 e. The summed E-state index contributed by atoms with van der Waals surface area (Å²) in [5.74, 6) is -1.98. The summed E-state index contributed by atoms with van der Waals surface area (Å²) < 4.78 is 18.4. The number of hydrogen-bond acceptors (Lipinski definition) is 2. The first-order chi connectivity index (χ1) is 7.16. The third kappa shape index (κ3) is 2.94. The van der Waals surface area contributed by atoms with Crippen molar-refractivity contribution in [3.05, 3.63) is 29.6 Å². The maximum atomic E-state index is 13.2. The van der Waals surface area contributed by atoms with Crippen molar-refractivity contribution in [2.45, 2.75) is 19.8 Å². The van der Waals surface area contributed by atoms with Gasteiger partial charge in [0.25, 0.3) is 0 Å². The average Bonchev–Trinajstić information content (AvgIpc) is 2.20. The highest BCUT2D eigenvalue weighted by molar-refractivity contribution is 5.90. The predicted octanol–water partition coefficient (Wildman–Crippen LogP) is 2.70. The predicted molar refractivity (Wildman–Crippen MR) is 53.8 cm³/mol. The van der Waals surface area contributed by atoms with E-state index in [9.17, 15) is 9.18 Å². The molecule has 0 atom stereocenters. The lowest BCUT2D eigenvalue weighted by Gasteiger charge is -2.09. The Kier molecular flexibility index (Phi) is 4.09. The molecule has 1 rings (SSSR count). The highest BCUT2D eigenvalue weighted by atomic mass is 19.1. The van der Waals surface area contributed by atoms with Crippen LogP contribution in [0.4, 0.5) is 4.39 Å². The third-order valence-corrected chi connectivity index (χ3v) is 1.94. The highest BCUT2D eigenvalue weighted by Crippen LogP contribution is 2.22. The van der Waals surface area contributed by atoms with Gasteiger partial charge in [-0.1, -0.05) is 19.4 Å². The minimum absolute atomic E-state index is 0.133. The van der Waals surface area contributed by atoms with Crippen molar-refractivity contribution in [2.75, 3.05) is 6.61 Å². The normalized spacial score (nSPS) is 10.0. The van der Waals surface area contributed by atoms with Crippen molar-refractivity contribution < 1.29 is 19.0 Å². The Hall–Kier alpha value is -1.58. The van der Waals surface area contributed by atoms with E-state index in [1.165, 1.54) is 18.2 Å². The van der Waals surface area contributed by atoms with Gasteiger partial charge in [-0.15, -0.1) is 0 Å². The van der Waals surface area contributed by atoms with Crippen LogP contribution in [0.5, 0.6) is 5.75 Å². The average molecular weight is 212 g/mol. The van der Waals surface area contributed by atoms with Gasteiger partial charge in [-0.2, -0.15) is 0 Å². The number of para-hydroxylation sites is 1. The molecule has 82 valence electrons. The fraction of sp³-hybridized carbons (Fsp3) is 0.364. The minimum atomic E-state index is -1.18. The number of carboxylic acids is 1. The lowest BCUT2D eigenvalue weighted by Crippen LogP contribution is -2.06. The number of benzene rings is 1. The molecule has 0 heterocycles. The van der Waals surface area contributed by atoms with Gasteiger partial charge in [0, 0.05) is 0 Å². The van der Waals surface area contributed by atoms with Crippen LogP contribution in [-0.4, -0.2) is 17.7 Å². The van der Waals surface area contributed by atoms with Gasteiger partial charge < -0.3 is 9.84 Å². The zero-order chi connectivity index (χ0) is 11.3. The Labute approximate surface area is 87.5 Å². The summed E-state index contributed by atoms with van der Waals surface area (Å²) in [7, 11) is 0. The number of unbranched alkanes of at least 4 members (excludes halogenated alkanes) is 1. The molecule has 1 aromatic carbocycles. The Bertz CT molecular complexity index is 350. The molecule has 0 radical (unpaired) electrons. The summed E-state index contributed by atoms with van der Waals surface area (Å²) in [6.07, 6.45) is 1.68. The van der Waals surface area contributed by atoms with E-state index in [4.69, 9.17) is 9.84 Å². The van der Waals surface area contributed by atoms with Crippen LogP contribution in [0.1, 0.15) is 30.1 Å². The summed E-state index contributed by atoms with van der Waals surface area (Å²) in [5, 5.41) is 8.80. The molecule has 0 aliphatic heterocycles. The van der Waals surface area contributed by atoms with Crippen LogP contribution in [-0.2, 0) is 0 Å². The van der Waals surface area contributed by atoms with Crippen LogP contribution < -0.4 is 4.74 Å². The van der Waals surface area contributed by atoms with E-state index in [0.29, 0.717) is 6.61 Å². The van der Waals surface area contributed by atoms with E-state index in [1.807, 2.05) is 6.92 Å². The number of aromatic carboxylic acids is 1. The van der Waals surface area contributed by atoms with Crippen LogP contribution in [0.2, 0.25) is 0 Å². The van der Waals surface area contributed by atoms with E-state index >= 15 is 0 Å². The summed E-state index contributed by atoms with van der Waals surface area (Å²) in [6, 6.07) is 3.87. The molecule has 0 amide bonds. The standard InChI is InChI=1S/C11H13FO3/c1-2-3-7-15-10-8(11(13)14)5-4-6-9(10)12/h4-6H,2-3,7H2,1H3,(H,13,14). The molecular weight excluding hydrogens is 199 g/mol. The smallest absolute Gasteiger partial charge is 0.339 e. The molecule has 0 saturated heterocycles. The fourth-order valence-electron chi connectivity index (χ4n) is 1.14. The van der Waals surface area contributed by atoms with Crippen LogP contribution in [0.25, 0.3) is 0 Å². The van der Waals surface area contributed by atoms with Gasteiger partial charge in [0.1, 0.15) is 5.56 Å². The maximum absolute atomic E-state index is 13.2. The van der Waals surface area contributed by atoms with Gasteiger partial charge in [-0.25, -0.2) is 9.18 Å². The van der Waals surface area contributed by atoms with Gasteiger partial charge in [0.05, 0.1) is 6.61 Å². The summed E-state index contributed by atoms with van der Waals surface area (Å²) in [4.78, 5) is 10.8. The van der Waals surface area contributed by atoms with Crippen LogP contribution in [0.3, 0.4) is 0 Å². The zero-order valence-corrected chi connectivity index (χ0v) is 8.50. The highest BCUT2D eigenvalue weighted by Gasteiger charge is 2.14. The van der Waals surface area contributed by atoms with E-state index in [1.54, 1.807) is 0 Å². The SMILES string of the molecule is CCCCOc1c(F)cccc1C(=O)O. The van der Waals surface area contributed by atoms with Gasteiger partial charge in [0.2, 0.25) is 0 Å².